The van der Waals surface area contributed by atoms with E-state index in [2.05, 4.69) is 4.98 Å². The monoisotopic (exact) mass is 297 g/mol. The average molecular weight is 297 g/mol. The number of ketones is 1. The molecule has 0 amide bonds. The SMILES string of the molecule is O=C(OCC(=O)c1cccs1)c1ccc2ccccc2n1. The molecule has 0 aliphatic carbocycles. The summed E-state index contributed by atoms with van der Waals surface area (Å²) >= 11 is 1.32. The van der Waals surface area contributed by atoms with Gasteiger partial charge in [-0.3, -0.25) is 4.79 Å². The van der Waals surface area contributed by atoms with Crippen LogP contribution in [0.25, 0.3) is 10.9 Å². The van der Waals surface area contributed by atoms with Gasteiger partial charge in [-0.1, -0.05) is 30.3 Å². The van der Waals surface area contributed by atoms with Gasteiger partial charge in [0.25, 0.3) is 0 Å². The summed E-state index contributed by atoms with van der Waals surface area (Å²) in [6.07, 6.45) is 0. The van der Waals surface area contributed by atoms with Gasteiger partial charge in [-0.25, -0.2) is 9.78 Å². The summed E-state index contributed by atoms with van der Waals surface area (Å²) in [7, 11) is 0. The third kappa shape index (κ3) is 2.98. The molecule has 0 spiro atoms. The lowest BCUT2D eigenvalue weighted by atomic mass is 10.2. The van der Waals surface area contributed by atoms with Crippen molar-refractivity contribution >= 4 is 34.0 Å². The first-order chi connectivity index (χ1) is 10.2. The zero-order chi connectivity index (χ0) is 14.7. The fraction of sp³-hybridized carbons (Fsp3) is 0.0625. The van der Waals surface area contributed by atoms with Crippen molar-refractivity contribution in [1.82, 2.24) is 4.98 Å². The van der Waals surface area contributed by atoms with E-state index in [1.807, 2.05) is 24.3 Å². The minimum Gasteiger partial charge on any atom is -0.453 e. The molecule has 0 bridgehead atoms. The van der Waals surface area contributed by atoms with Crippen molar-refractivity contribution in [2.45, 2.75) is 0 Å². The number of nitrogens with zero attached hydrogens (tertiary/aromatic N) is 1. The highest BCUT2D eigenvalue weighted by Gasteiger charge is 2.13. The Morgan fingerprint density at radius 1 is 1.05 bits per heavy atom. The molecule has 4 nitrogen and oxygen atoms in total. The van der Waals surface area contributed by atoms with Crippen molar-refractivity contribution < 1.29 is 14.3 Å². The van der Waals surface area contributed by atoms with Crippen molar-refractivity contribution in [1.29, 1.82) is 0 Å². The van der Waals surface area contributed by atoms with Gasteiger partial charge < -0.3 is 4.74 Å². The van der Waals surface area contributed by atoms with Crippen LogP contribution in [0.5, 0.6) is 0 Å². The Morgan fingerprint density at radius 3 is 2.71 bits per heavy atom. The van der Waals surface area contributed by atoms with E-state index in [-0.39, 0.29) is 18.1 Å². The maximum absolute atomic E-state index is 11.9. The number of esters is 1. The number of carbonyl (C=O) groups excluding carboxylic acids is 2. The maximum atomic E-state index is 11.9. The lowest BCUT2D eigenvalue weighted by Gasteiger charge is -2.04. The maximum Gasteiger partial charge on any atom is 0.357 e. The van der Waals surface area contributed by atoms with Crippen molar-refractivity contribution in [3.63, 3.8) is 0 Å². The molecular weight excluding hydrogens is 286 g/mol. The standard InChI is InChI=1S/C16H11NO3S/c18-14(15-6-3-9-21-15)10-20-16(19)13-8-7-11-4-1-2-5-12(11)17-13/h1-9H,10H2. The first-order valence-corrected chi connectivity index (χ1v) is 7.21. The van der Waals surface area contributed by atoms with Gasteiger partial charge >= 0.3 is 5.97 Å². The van der Waals surface area contributed by atoms with Crippen LogP contribution in [-0.4, -0.2) is 23.3 Å². The average Bonchev–Trinajstić information content (AvgIpc) is 3.06. The van der Waals surface area contributed by atoms with Crippen LogP contribution < -0.4 is 0 Å². The van der Waals surface area contributed by atoms with Crippen LogP contribution in [-0.2, 0) is 4.74 Å². The van der Waals surface area contributed by atoms with Crippen LogP contribution in [0.1, 0.15) is 20.2 Å². The first kappa shape index (κ1) is 13.5. The number of thiophene rings is 1. The van der Waals surface area contributed by atoms with E-state index in [1.165, 1.54) is 11.3 Å². The summed E-state index contributed by atoms with van der Waals surface area (Å²) in [5, 5.41) is 2.75. The molecule has 0 aliphatic rings. The Labute approximate surface area is 125 Å². The van der Waals surface area contributed by atoms with Crippen LogP contribution in [0.4, 0.5) is 0 Å². The molecule has 1 aromatic carbocycles. The molecule has 0 saturated heterocycles. The van der Waals surface area contributed by atoms with Gasteiger partial charge in [0.15, 0.2) is 6.61 Å². The number of aromatic nitrogens is 1. The van der Waals surface area contributed by atoms with Crippen molar-refractivity contribution in [2.75, 3.05) is 6.61 Å². The fourth-order valence-corrected chi connectivity index (χ4v) is 2.54. The molecule has 0 N–H and O–H groups in total. The zero-order valence-electron chi connectivity index (χ0n) is 11.0. The predicted molar refractivity (Wildman–Crippen MR) is 80.7 cm³/mol. The Kier molecular flexibility index (Phi) is 3.75. The van der Waals surface area contributed by atoms with E-state index < -0.39 is 5.97 Å². The molecular formula is C16H11NO3S. The molecule has 21 heavy (non-hydrogen) atoms. The van der Waals surface area contributed by atoms with E-state index in [0.717, 1.165) is 10.9 Å². The van der Waals surface area contributed by atoms with Gasteiger partial charge in [0, 0.05) is 5.39 Å². The number of Topliss-reactive ketones (excluding diaryl/α,β-unsaturated/α-hetero) is 1. The number of hydrogen-bond acceptors (Lipinski definition) is 5. The number of pyridine rings is 1. The second-order valence-corrected chi connectivity index (χ2v) is 5.31. The summed E-state index contributed by atoms with van der Waals surface area (Å²) in [6, 6.07) is 14.4. The smallest absolute Gasteiger partial charge is 0.357 e. The first-order valence-electron chi connectivity index (χ1n) is 6.34. The van der Waals surface area contributed by atoms with Gasteiger partial charge in [-0.05, 0) is 23.6 Å². The number of rotatable bonds is 4. The molecule has 2 heterocycles. The molecule has 3 rings (SSSR count). The summed E-state index contributed by atoms with van der Waals surface area (Å²) < 4.78 is 5.02. The highest BCUT2D eigenvalue weighted by Crippen LogP contribution is 2.13. The van der Waals surface area contributed by atoms with Crippen LogP contribution >= 0.6 is 11.3 Å². The Balaban J connectivity index is 1.70. The topological polar surface area (TPSA) is 56.3 Å². The second kappa shape index (κ2) is 5.85. The largest absolute Gasteiger partial charge is 0.453 e. The van der Waals surface area contributed by atoms with E-state index in [9.17, 15) is 9.59 Å². The van der Waals surface area contributed by atoms with E-state index in [1.54, 1.807) is 29.6 Å². The molecule has 2 aromatic heterocycles. The molecule has 0 fully saturated rings. The van der Waals surface area contributed by atoms with Crippen LogP contribution in [0.2, 0.25) is 0 Å². The van der Waals surface area contributed by atoms with Gasteiger partial charge in [0.05, 0.1) is 10.4 Å². The fourth-order valence-electron chi connectivity index (χ4n) is 1.89. The number of hydrogen-bond donors (Lipinski definition) is 0. The normalized spacial score (nSPS) is 10.5. The minimum absolute atomic E-state index is 0.202. The third-order valence-electron chi connectivity index (χ3n) is 2.94. The Bertz CT molecular complexity index is 796. The highest BCUT2D eigenvalue weighted by molar-refractivity contribution is 7.12. The summed E-state index contributed by atoms with van der Waals surface area (Å²) in [5.74, 6) is -0.801. The summed E-state index contributed by atoms with van der Waals surface area (Å²) in [5.41, 5.74) is 0.921. The predicted octanol–water partition coefficient (Wildman–Crippen LogP) is 3.34. The van der Waals surface area contributed by atoms with Crippen molar-refractivity contribution in [2.24, 2.45) is 0 Å². The van der Waals surface area contributed by atoms with E-state index >= 15 is 0 Å². The lowest BCUT2D eigenvalue weighted by Crippen LogP contribution is -2.14. The molecule has 0 atom stereocenters. The quantitative estimate of drug-likeness (QED) is 0.547. The zero-order valence-corrected chi connectivity index (χ0v) is 11.8. The number of carbonyl (C=O) groups is 2. The number of ether oxygens (including phenoxy) is 1. The molecule has 0 unspecified atom stereocenters. The summed E-state index contributed by atoms with van der Waals surface area (Å²) in [6.45, 7) is -0.270. The van der Waals surface area contributed by atoms with Crippen molar-refractivity contribution in [3.05, 3.63) is 64.5 Å². The molecule has 5 heteroatoms. The lowest BCUT2D eigenvalue weighted by molar-refractivity contribution is 0.0470. The van der Waals surface area contributed by atoms with E-state index in [4.69, 9.17) is 4.74 Å². The third-order valence-corrected chi connectivity index (χ3v) is 3.85. The molecule has 3 aromatic rings. The number of fused-ring (bicyclic) bond motifs is 1. The van der Waals surface area contributed by atoms with Crippen molar-refractivity contribution in [3.8, 4) is 0 Å². The number of para-hydroxylation sites is 1. The van der Waals surface area contributed by atoms with Crippen LogP contribution in [0.3, 0.4) is 0 Å². The Hall–Kier alpha value is -2.53. The molecule has 0 radical (unpaired) electrons. The van der Waals surface area contributed by atoms with Gasteiger partial charge in [0.1, 0.15) is 5.69 Å². The van der Waals surface area contributed by atoms with Crippen LogP contribution in [0.15, 0.2) is 53.9 Å². The van der Waals surface area contributed by atoms with Gasteiger partial charge in [0.2, 0.25) is 5.78 Å². The van der Waals surface area contributed by atoms with Gasteiger partial charge in [-0.2, -0.15) is 0 Å². The highest BCUT2D eigenvalue weighted by atomic mass is 32.1. The molecule has 104 valence electrons. The molecule has 0 aliphatic heterocycles. The summed E-state index contributed by atoms with van der Waals surface area (Å²) in [4.78, 5) is 28.5. The minimum atomic E-state index is -0.592. The Morgan fingerprint density at radius 2 is 1.90 bits per heavy atom. The second-order valence-electron chi connectivity index (χ2n) is 4.37. The molecule has 0 saturated carbocycles. The van der Waals surface area contributed by atoms with E-state index in [0.29, 0.717) is 4.88 Å². The van der Waals surface area contributed by atoms with Crippen LogP contribution in [0, 0.1) is 0 Å². The number of benzene rings is 1. The van der Waals surface area contributed by atoms with Gasteiger partial charge in [-0.15, -0.1) is 11.3 Å².